The van der Waals surface area contributed by atoms with Crippen LogP contribution in [-0.4, -0.2) is 41.7 Å². The Morgan fingerprint density at radius 2 is 2.00 bits per heavy atom. The average molecular weight is 419 g/mol. The Morgan fingerprint density at radius 1 is 1.23 bits per heavy atom. The summed E-state index contributed by atoms with van der Waals surface area (Å²) in [7, 11) is 0. The molecule has 0 aromatic heterocycles. The Morgan fingerprint density at radius 3 is 2.68 bits per heavy atom. The summed E-state index contributed by atoms with van der Waals surface area (Å²) >= 11 is 0. The topological polar surface area (TPSA) is 117 Å². The van der Waals surface area contributed by atoms with Gasteiger partial charge in [-0.3, -0.25) is 4.79 Å². The van der Waals surface area contributed by atoms with Crippen molar-refractivity contribution in [2.24, 2.45) is 5.16 Å². The predicted molar refractivity (Wildman–Crippen MR) is 120 cm³/mol. The Balaban J connectivity index is 1.63. The van der Waals surface area contributed by atoms with E-state index in [1.165, 1.54) is 6.21 Å². The summed E-state index contributed by atoms with van der Waals surface area (Å²) in [6.45, 7) is 1.77. The van der Waals surface area contributed by atoms with Gasteiger partial charge in [-0.05, 0) is 65.6 Å². The molecule has 0 spiro atoms. The van der Waals surface area contributed by atoms with Crippen LogP contribution in [0, 0.1) is 0 Å². The molecule has 1 aliphatic rings. The van der Waals surface area contributed by atoms with Crippen LogP contribution in [-0.2, 0) is 11.2 Å². The zero-order chi connectivity index (χ0) is 21.8. The number of benzene rings is 3. The number of ether oxygens (including phenoxy) is 1. The molecule has 0 radical (unpaired) electrons. The van der Waals surface area contributed by atoms with Crippen LogP contribution >= 0.6 is 0 Å². The fraction of sp³-hybridized carbons (Fsp3) is 0.250. The van der Waals surface area contributed by atoms with Crippen molar-refractivity contribution in [3.63, 3.8) is 0 Å². The van der Waals surface area contributed by atoms with Gasteiger partial charge in [-0.1, -0.05) is 35.5 Å². The first-order valence-electron chi connectivity index (χ1n) is 10.2. The highest BCUT2D eigenvalue weighted by molar-refractivity contribution is 6.02. The van der Waals surface area contributed by atoms with Gasteiger partial charge in [0, 0.05) is 17.8 Å². The quantitative estimate of drug-likeness (QED) is 0.202. The standard InChI is InChI=1S/C24H25N3O4/c25-18-6-3-15-1-2-17(23(14-27-30)21(15)12-18)11-22(24(28)29)16-4-7-19(8-5-16)31-20-9-10-26-13-20/h1-8,12,14,20,22,26,30H,9-11,13,25H2,(H,28,29)/t20-,22-/m0/s1. The molecule has 1 heterocycles. The van der Waals surface area contributed by atoms with Gasteiger partial charge < -0.3 is 26.1 Å². The van der Waals surface area contributed by atoms with Crippen molar-refractivity contribution >= 4 is 28.6 Å². The third-order valence-electron chi connectivity index (χ3n) is 5.69. The molecule has 160 valence electrons. The van der Waals surface area contributed by atoms with Gasteiger partial charge in [0.05, 0.1) is 12.1 Å². The summed E-state index contributed by atoms with van der Waals surface area (Å²) < 4.78 is 5.93. The van der Waals surface area contributed by atoms with Gasteiger partial charge >= 0.3 is 5.97 Å². The highest BCUT2D eigenvalue weighted by Gasteiger charge is 2.23. The normalized spacial score (nSPS) is 17.2. The molecule has 31 heavy (non-hydrogen) atoms. The summed E-state index contributed by atoms with van der Waals surface area (Å²) in [5, 5.41) is 27.3. The smallest absolute Gasteiger partial charge is 0.311 e. The van der Waals surface area contributed by atoms with Crippen molar-refractivity contribution in [3.05, 3.63) is 71.3 Å². The van der Waals surface area contributed by atoms with Crippen molar-refractivity contribution in [3.8, 4) is 5.75 Å². The van der Waals surface area contributed by atoms with Crippen molar-refractivity contribution in [1.29, 1.82) is 0 Å². The number of nitrogen functional groups attached to an aromatic ring is 1. The zero-order valence-corrected chi connectivity index (χ0v) is 17.0. The van der Waals surface area contributed by atoms with E-state index in [1.54, 1.807) is 24.3 Å². The van der Waals surface area contributed by atoms with Gasteiger partial charge in [-0.2, -0.15) is 0 Å². The number of carbonyl (C=O) groups is 1. The number of nitrogens with two attached hydrogens (primary N) is 1. The van der Waals surface area contributed by atoms with Gasteiger partial charge in [0.2, 0.25) is 0 Å². The Kier molecular flexibility index (Phi) is 6.04. The summed E-state index contributed by atoms with van der Waals surface area (Å²) in [4.78, 5) is 12.1. The molecule has 5 N–H and O–H groups in total. The molecule has 7 heteroatoms. The molecule has 7 nitrogen and oxygen atoms in total. The Labute approximate surface area is 180 Å². The summed E-state index contributed by atoms with van der Waals surface area (Å²) in [6, 6.07) is 16.5. The monoisotopic (exact) mass is 419 g/mol. The van der Waals surface area contributed by atoms with Gasteiger partial charge in [0.25, 0.3) is 0 Å². The maximum atomic E-state index is 12.1. The van der Waals surface area contributed by atoms with Crippen molar-refractivity contribution in [2.45, 2.75) is 24.9 Å². The molecular weight excluding hydrogens is 394 g/mol. The minimum absolute atomic E-state index is 0.145. The molecule has 0 bridgehead atoms. The van der Waals surface area contributed by atoms with Crippen molar-refractivity contribution in [1.82, 2.24) is 5.32 Å². The molecule has 0 unspecified atom stereocenters. The molecular formula is C24H25N3O4. The van der Waals surface area contributed by atoms with Crippen LogP contribution < -0.4 is 15.8 Å². The summed E-state index contributed by atoms with van der Waals surface area (Å²) in [5.74, 6) is -0.948. The zero-order valence-electron chi connectivity index (χ0n) is 17.0. The Bertz CT molecular complexity index is 1110. The largest absolute Gasteiger partial charge is 0.489 e. The molecule has 0 saturated carbocycles. The third-order valence-corrected chi connectivity index (χ3v) is 5.69. The fourth-order valence-corrected chi connectivity index (χ4v) is 4.06. The van der Waals surface area contributed by atoms with Gasteiger partial charge in [-0.15, -0.1) is 0 Å². The lowest BCUT2D eigenvalue weighted by atomic mass is 9.88. The van der Waals surface area contributed by atoms with E-state index in [9.17, 15) is 15.1 Å². The van der Waals surface area contributed by atoms with Crippen LogP contribution in [0.1, 0.15) is 29.0 Å². The molecule has 1 saturated heterocycles. The molecule has 0 amide bonds. The Hall–Kier alpha value is -3.58. The van der Waals surface area contributed by atoms with Crippen LogP contribution in [0.2, 0.25) is 0 Å². The van der Waals surface area contributed by atoms with Crippen LogP contribution in [0.25, 0.3) is 10.8 Å². The number of carboxylic acids is 1. The van der Waals surface area contributed by atoms with E-state index in [1.807, 2.05) is 30.3 Å². The van der Waals surface area contributed by atoms with Crippen LogP contribution in [0.15, 0.2) is 59.8 Å². The van der Waals surface area contributed by atoms with E-state index in [-0.39, 0.29) is 12.5 Å². The van der Waals surface area contributed by atoms with E-state index in [0.717, 1.165) is 41.6 Å². The number of carboxylic acid groups (broad SMARTS) is 1. The third kappa shape index (κ3) is 4.62. The number of aliphatic carboxylic acids is 1. The van der Waals surface area contributed by atoms with Gasteiger partial charge in [0.1, 0.15) is 11.9 Å². The lowest BCUT2D eigenvalue weighted by Gasteiger charge is -2.17. The maximum absolute atomic E-state index is 12.1. The molecule has 2 atom stereocenters. The SMILES string of the molecule is Nc1ccc2ccc(C[C@H](C(=O)O)c3ccc(O[C@H]4CCNC4)cc3)c(C=NO)c2c1. The number of nitrogens with zero attached hydrogens (tertiary/aromatic N) is 1. The lowest BCUT2D eigenvalue weighted by Crippen LogP contribution is -2.19. The second-order valence-corrected chi connectivity index (χ2v) is 7.76. The number of anilines is 1. The van der Waals surface area contributed by atoms with E-state index in [4.69, 9.17) is 10.5 Å². The minimum atomic E-state index is -0.923. The molecule has 1 aliphatic heterocycles. The first kappa shape index (κ1) is 20.7. The number of hydrogen-bond donors (Lipinski definition) is 4. The first-order chi connectivity index (χ1) is 15.0. The van der Waals surface area contributed by atoms with Crippen molar-refractivity contribution in [2.75, 3.05) is 18.8 Å². The fourth-order valence-electron chi connectivity index (χ4n) is 4.06. The van der Waals surface area contributed by atoms with E-state index in [0.29, 0.717) is 16.8 Å². The maximum Gasteiger partial charge on any atom is 0.311 e. The number of hydrogen-bond acceptors (Lipinski definition) is 6. The average Bonchev–Trinajstić information content (AvgIpc) is 3.27. The van der Waals surface area contributed by atoms with Gasteiger partial charge in [-0.25, -0.2) is 0 Å². The van der Waals surface area contributed by atoms with Crippen molar-refractivity contribution < 1.29 is 19.8 Å². The molecule has 3 aromatic rings. The second-order valence-electron chi connectivity index (χ2n) is 7.76. The highest BCUT2D eigenvalue weighted by Crippen LogP contribution is 2.29. The number of oxime groups is 1. The number of fused-ring (bicyclic) bond motifs is 1. The molecule has 0 aliphatic carbocycles. The molecule has 4 rings (SSSR count). The molecule has 1 fully saturated rings. The van der Waals surface area contributed by atoms with E-state index in [2.05, 4.69) is 10.5 Å². The minimum Gasteiger partial charge on any atom is -0.489 e. The predicted octanol–water partition coefficient (Wildman–Crippen LogP) is 3.38. The lowest BCUT2D eigenvalue weighted by molar-refractivity contribution is -0.138. The number of rotatable bonds is 7. The number of nitrogens with one attached hydrogen (secondary N) is 1. The van der Waals surface area contributed by atoms with Crippen LogP contribution in [0.3, 0.4) is 0 Å². The summed E-state index contributed by atoms with van der Waals surface area (Å²) in [5.41, 5.74) is 8.63. The first-order valence-corrected chi connectivity index (χ1v) is 10.2. The van der Waals surface area contributed by atoms with Gasteiger partial charge in [0.15, 0.2) is 0 Å². The van der Waals surface area contributed by atoms with Crippen LogP contribution in [0.5, 0.6) is 5.75 Å². The van der Waals surface area contributed by atoms with E-state index < -0.39 is 11.9 Å². The molecule has 3 aromatic carbocycles. The highest BCUT2D eigenvalue weighted by atomic mass is 16.5. The van der Waals surface area contributed by atoms with E-state index >= 15 is 0 Å². The van der Waals surface area contributed by atoms with Crippen LogP contribution in [0.4, 0.5) is 5.69 Å². The second kappa shape index (κ2) is 9.06. The summed E-state index contributed by atoms with van der Waals surface area (Å²) in [6.07, 6.45) is 2.68.